The van der Waals surface area contributed by atoms with Crippen LogP contribution in [0.25, 0.3) is 0 Å². The zero-order chi connectivity index (χ0) is 16.2. The third kappa shape index (κ3) is 5.50. The van der Waals surface area contributed by atoms with Crippen LogP contribution in [0.3, 0.4) is 0 Å². The van der Waals surface area contributed by atoms with Crippen LogP contribution in [0.1, 0.15) is 12.0 Å². The van der Waals surface area contributed by atoms with E-state index >= 15 is 0 Å². The summed E-state index contributed by atoms with van der Waals surface area (Å²) in [5.74, 6) is -0.519. The van der Waals surface area contributed by atoms with Crippen LogP contribution in [-0.2, 0) is 21.2 Å². The van der Waals surface area contributed by atoms with Crippen LogP contribution in [0.15, 0.2) is 36.7 Å². The molecule has 2 aromatic rings. The zero-order valence-corrected chi connectivity index (χ0v) is 13.6. The minimum atomic E-state index is -3.14. The first-order valence-corrected chi connectivity index (χ1v) is 9.00. The molecule has 0 saturated heterocycles. The number of carbonyl (C=O) groups excluding carboxylic acids is 1. The van der Waals surface area contributed by atoms with Gasteiger partial charge in [0.2, 0.25) is 5.91 Å². The maximum Gasteiger partial charge on any atom is 0.225 e. The average molecular weight is 342 g/mol. The monoisotopic (exact) mass is 341 g/mol. The summed E-state index contributed by atoms with van der Waals surface area (Å²) < 4.78 is 23.7. The lowest BCUT2D eigenvalue weighted by Gasteiger charge is -2.02. The van der Waals surface area contributed by atoms with Gasteiger partial charge in [-0.2, -0.15) is 5.10 Å². The Balaban J connectivity index is 1.91. The molecule has 1 heterocycles. The largest absolute Gasteiger partial charge is 0.323 e. The van der Waals surface area contributed by atoms with Gasteiger partial charge in [0.25, 0.3) is 0 Å². The lowest BCUT2D eigenvalue weighted by molar-refractivity contribution is -0.115. The fourth-order valence-electron chi connectivity index (χ4n) is 1.79. The van der Waals surface area contributed by atoms with Gasteiger partial charge >= 0.3 is 0 Å². The first-order chi connectivity index (χ1) is 10.3. The number of rotatable bonds is 6. The fourth-order valence-corrected chi connectivity index (χ4v) is 2.48. The smallest absolute Gasteiger partial charge is 0.225 e. The minimum absolute atomic E-state index is 0.0683. The van der Waals surface area contributed by atoms with Gasteiger partial charge in [0, 0.05) is 23.9 Å². The van der Waals surface area contributed by atoms with Crippen LogP contribution in [0.5, 0.6) is 0 Å². The third-order valence-electron chi connectivity index (χ3n) is 2.87. The maximum atomic E-state index is 11.6. The SMILES string of the molecule is CS(=O)(=O)CCC(=O)Nc1cnn(Cc2ccc(Cl)cc2)c1. The van der Waals surface area contributed by atoms with E-state index in [1.807, 2.05) is 12.1 Å². The van der Waals surface area contributed by atoms with Crippen molar-refractivity contribution >= 4 is 33.0 Å². The van der Waals surface area contributed by atoms with Crippen LogP contribution in [0.4, 0.5) is 5.69 Å². The zero-order valence-electron chi connectivity index (χ0n) is 12.0. The van der Waals surface area contributed by atoms with Gasteiger partial charge in [-0.15, -0.1) is 0 Å². The van der Waals surface area contributed by atoms with E-state index < -0.39 is 9.84 Å². The molecule has 6 nitrogen and oxygen atoms in total. The van der Waals surface area contributed by atoms with Crippen LogP contribution in [0.2, 0.25) is 5.02 Å². The van der Waals surface area contributed by atoms with Gasteiger partial charge < -0.3 is 5.32 Å². The standard InChI is InChI=1S/C14H16ClN3O3S/c1-22(20,21)7-6-14(19)17-13-8-16-18(10-13)9-11-2-4-12(15)5-3-11/h2-5,8,10H,6-7,9H2,1H3,(H,17,19). The molecule has 1 aromatic carbocycles. The molecule has 2 rings (SSSR count). The van der Waals surface area contributed by atoms with Gasteiger partial charge in [-0.25, -0.2) is 8.42 Å². The highest BCUT2D eigenvalue weighted by atomic mass is 35.5. The quantitative estimate of drug-likeness (QED) is 0.870. The van der Waals surface area contributed by atoms with Crippen LogP contribution >= 0.6 is 11.6 Å². The summed E-state index contributed by atoms with van der Waals surface area (Å²) in [6, 6.07) is 7.39. The van der Waals surface area contributed by atoms with Crippen LogP contribution < -0.4 is 5.32 Å². The Labute approximate surface area is 134 Å². The van der Waals surface area contributed by atoms with Gasteiger partial charge in [0.05, 0.1) is 24.2 Å². The van der Waals surface area contributed by atoms with Crippen LogP contribution in [-0.4, -0.2) is 36.1 Å². The van der Waals surface area contributed by atoms with Gasteiger partial charge in [-0.1, -0.05) is 23.7 Å². The summed E-state index contributed by atoms with van der Waals surface area (Å²) in [5.41, 5.74) is 1.56. The minimum Gasteiger partial charge on any atom is -0.323 e. The molecule has 0 saturated carbocycles. The molecule has 1 N–H and O–H groups in total. The van der Waals surface area contributed by atoms with E-state index in [0.29, 0.717) is 17.3 Å². The molecule has 22 heavy (non-hydrogen) atoms. The Morgan fingerprint density at radius 2 is 2.00 bits per heavy atom. The summed E-state index contributed by atoms with van der Waals surface area (Å²) in [6.07, 6.45) is 4.24. The Bertz CT molecular complexity index is 754. The molecule has 8 heteroatoms. The van der Waals surface area contributed by atoms with Crippen molar-refractivity contribution in [2.45, 2.75) is 13.0 Å². The normalized spacial score (nSPS) is 11.4. The summed E-state index contributed by atoms with van der Waals surface area (Å²) in [5, 5.41) is 7.44. The van der Waals surface area contributed by atoms with Crippen molar-refractivity contribution in [1.82, 2.24) is 9.78 Å². The van der Waals surface area contributed by atoms with E-state index in [1.165, 1.54) is 6.20 Å². The highest BCUT2D eigenvalue weighted by Gasteiger charge is 2.09. The number of amides is 1. The first kappa shape index (κ1) is 16.5. The molecule has 0 aliphatic heterocycles. The Hall–Kier alpha value is -1.86. The number of nitrogens with zero attached hydrogens (tertiary/aromatic N) is 2. The number of carbonyl (C=O) groups is 1. The predicted molar refractivity (Wildman–Crippen MR) is 85.7 cm³/mol. The average Bonchev–Trinajstić information content (AvgIpc) is 2.86. The van der Waals surface area contributed by atoms with E-state index in [1.54, 1.807) is 23.0 Å². The third-order valence-corrected chi connectivity index (χ3v) is 4.07. The van der Waals surface area contributed by atoms with Gasteiger partial charge in [-0.3, -0.25) is 9.48 Å². The van der Waals surface area contributed by atoms with Crippen molar-refractivity contribution in [2.24, 2.45) is 0 Å². The molecule has 118 valence electrons. The molecule has 0 radical (unpaired) electrons. The second-order valence-corrected chi connectivity index (χ2v) is 7.68. The maximum absolute atomic E-state index is 11.6. The molecule has 1 aromatic heterocycles. The first-order valence-electron chi connectivity index (χ1n) is 6.56. The van der Waals surface area contributed by atoms with Gasteiger partial charge in [-0.05, 0) is 17.7 Å². The molecular formula is C14H16ClN3O3S. The Morgan fingerprint density at radius 1 is 1.32 bits per heavy atom. The summed E-state index contributed by atoms with van der Waals surface area (Å²) in [6.45, 7) is 0.552. The Morgan fingerprint density at radius 3 is 2.64 bits per heavy atom. The van der Waals surface area contributed by atoms with Crippen molar-refractivity contribution in [3.63, 3.8) is 0 Å². The molecule has 0 spiro atoms. The van der Waals surface area contributed by atoms with Crippen molar-refractivity contribution in [1.29, 1.82) is 0 Å². The summed E-state index contributed by atoms with van der Waals surface area (Å²) in [7, 11) is -3.14. The van der Waals surface area contributed by atoms with E-state index in [9.17, 15) is 13.2 Å². The molecule has 0 aliphatic carbocycles. The van der Waals surface area contributed by atoms with Gasteiger partial charge in [0.15, 0.2) is 0 Å². The van der Waals surface area contributed by atoms with Crippen molar-refractivity contribution in [2.75, 3.05) is 17.3 Å². The highest BCUT2D eigenvalue weighted by Crippen LogP contribution is 2.12. The topological polar surface area (TPSA) is 81.1 Å². The molecule has 1 amide bonds. The Kier molecular flexibility index (Phi) is 5.20. The highest BCUT2D eigenvalue weighted by molar-refractivity contribution is 7.90. The number of halogens is 1. The van der Waals surface area contributed by atoms with Crippen molar-refractivity contribution in [3.05, 3.63) is 47.2 Å². The molecular weight excluding hydrogens is 326 g/mol. The summed E-state index contributed by atoms with van der Waals surface area (Å²) in [4.78, 5) is 11.6. The second kappa shape index (κ2) is 6.93. The summed E-state index contributed by atoms with van der Waals surface area (Å²) >= 11 is 5.83. The van der Waals surface area contributed by atoms with E-state index in [2.05, 4.69) is 10.4 Å². The van der Waals surface area contributed by atoms with Crippen LogP contribution in [0, 0.1) is 0 Å². The number of sulfone groups is 1. The van der Waals surface area contributed by atoms with Crippen molar-refractivity contribution < 1.29 is 13.2 Å². The molecule has 0 bridgehead atoms. The number of nitrogens with one attached hydrogen (secondary N) is 1. The predicted octanol–water partition coefficient (Wildman–Crippen LogP) is 1.96. The second-order valence-electron chi connectivity index (χ2n) is 4.98. The van der Waals surface area contributed by atoms with E-state index in [0.717, 1.165) is 11.8 Å². The lowest BCUT2D eigenvalue weighted by Crippen LogP contribution is -2.16. The van der Waals surface area contributed by atoms with E-state index in [4.69, 9.17) is 11.6 Å². The fraction of sp³-hybridized carbons (Fsp3) is 0.286. The van der Waals surface area contributed by atoms with Gasteiger partial charge in [0.1, 0.15) is 9.84 Å². The number of hydrogen-bond acceptors (Lipinski definition) is 4. The number of anilines is 1. The molecule has 0 unspecified atom stereocenters. The molecule has 0 atom stereocenters. The number of hydrogen-bond donors (Lipinski definition) is 1. The lowest BCUT2D eigenvalue weighted by atomic mass is 10.2. The van der Waals surface area contributed by atoms with E-state index in [-0.39, 0.29) is 18.1 Å². The van der Waals surface area contributed by atoms with Crippen molar-refractivity contribution in [3.8, 4) is 0 Å². The number of benzene rings is 1. The number of aromatic nitrogens is 2. The molecule has 0 fully saturated rings. The molecule has 0 aliphatic rings.